The van der Waals surface area contributed by atoms with Gasteiger partial charge in [-0.15, -0.1) is 4.91 Å². The van der Waals surface area contributed by atoms with Gasteiger partial charge in [0, 0.05) is 19.1 Å². The number of nitro groups is 1. The summed E-state index contributed by atoms with van der Waals surface area (Å²) < 4.78 is 0. The Bertz CT molecular complexity index is 463. The molecule has 0 saturated carbocycles. The Hall–Kier alpha value is -2.02. The standard InChI is InChI=1S/C8H6ClN3O4/c1-5(13)11(10-14)8-3-2-6(12(15)16)4-7(8)9/h2-4H,1H3. The summed E-state index contributed by atoms with van der Waals surface area (Å²) in [6.45, 7) is 1.12. The van der Waals surface area contributed by atoms with Crippen LogP contribution in [0.15, 0.2) is 23.5 Å². The molecule has 16 heavy (non-hydrogen) atoms. The number of carbonyl (C=O) groups excluding carboxylic acids is 1. The molecule has 0 aliphatic carbocycles. The Kier molecular flexibility index (Phi) is 3.51. The summed E-state index contributed by atoms with van der Waals surface area (Å²) in [6, 6.07) is 3.35. The Morgan fingerprint density at radius 1 is 1.56 bits per heavy atom. The molecule has 0 spiro atoms. The maximum atomic E-state index is 11.0. The largest absolute Gasteiger partial charge is 0.273 e. The van der Waals surface area contributed by atoms with E-state index in [0.29, 0.717) is 5.01 Å². The predicted molar refractivity (Wildman–Crippen MR) is 57.1 cm³/mol. The summed E-state index contributed by atoms with van der Waals surface area (Å²) in [5, 5.41) is 13.3. The molecule has 0 saturated heterocycles. The second-order valence-electron chi connectivity index (χ2n) is 2.81. The number of benzene rings is 1. The van der Waals surface area contributed by atoms with E-state index in [-0.39, 0.29) is 16.4 Å². The van der Waals surface area contributed by atoms with Crippen molar-refractivity contribution in [3.8, 4) is 0 Å². The van der Waals surface area contributed by atoms with Gasteiger partial charge in [0.25, 0.3) is 5.69 Å². The van der Waals surface area contributed by atoms with E-state index in [1.807, 2.05) is 0 Å². The van der Waals surface area contributed by atoms with Crippen LogP contribution in [0.5, 0.6) is 0 Å². The van der Waals surface area contributed by atoms with Crippen LogP contribution in [0, 0.1) is 15.0 Å². The third-order valence-corrected chi connectivity index (χ3v) is 2.05. The van der Waals surface area contributed by atoms with Gasteiger partial charge in [-0.25, -0.2) is 0 Å². The van der Waals surface area contributed by atoms with Gasteiger partial charge in [-0.1, -0.05) is 11.6 Å². The zero-order valence-electron chi connectivity index (χ0n) is 8.08. The van der Waals surface area contributed by atoms with Crippen LogP contribution >= 0.6 is 11.6 Å². The van der Waals surface area contributed by atoms with Gasteiger partial charge in [-0.3, -0.25) is 14.9 Å². The van der Waals surface area contributed by atoms with E-state index in [1.165, 1.54) is 6.07 Å². The minimum Gasteiger partial charge on any atom is -0.273 e. The molecule has 8 heteroatoms. The number of halogens is 1. The fourth-order valence-corrected chi connectivity index (χ4v) is 1.31. The van der Waals surface area contributed by atoms with Crippen molar-refractivity contribution in [2.75, 3.05) is 5.01 Å². The highest BCUT2D eigenvalue weighted by atomic mass is 35.5. The van der Waals surface area contributed by atoms with Crippen LogP contribution in [-0.4, -0.2) is 10.8 Å². The fourth-order valence-electron chi connectivity index (χ4n) is 1.05. The van der Waals surface area contributed by atoms with Crippen molar-refractivity contribution in [1.82, 2.24) is 0 Å². The Morgan fingerprint density at radius 3 is 2.56 bits per heavy atom. The van der Waals surface area contributed by atoms with Crippen molar-refractivity contribution >= 4 is 28.9 Å². The number of nitrogens with zero attached hydrogens (tertiary/aromatic N) is 3. The number of amides is 1. The van der Waals surface area contributed by atoms with E-state index < -0.39 is 10.8 Å². The highest BCUT2D eigenvalue weighted by Crippen LogP contribution is 2.29. The average molecular weight is 244 g/mol. The molecular formula is C8H6ClN3O4. The molecule has 0 unspecified atom stereocenters. The first-order valence-corrected chi connectivity index (χ1v) is 4.43. The summed E-state index contributed by atoms with van der Waals surface area (Å²) in [5.74, 6) is -0.634. The van der Waals surface area contributed by atoms with Crippen molar-refractivity contribution < 1.29 is 9.72 Å². The smallest absolute Gasteiger partial charge is 0.271 e. The number of hydrogen-bond donors (Lipinski definition) is 0. The third-order valence-electron chi connectivity index (χ3n) is 1.75. The van der Waals surface area contributed by atoms with Crippen molar-refractivity contribution in [1.29, 1.82) is 0 Å². The maximum absolute atomic E-state index is 11.0. The van der Waals surface area contributed by atoms with Gasteiger partial charge in [0.15, 0.2) is 0 Å². The van der Waals surface area contributed by atoms with E-state index in [0.717, 1.165) is 19.1 Å². The average Bonchev–Trinajstić information content (AvgIpc) is 2.20. The van der Waals surface area contributed by atoms with Crippen LogP contribution in [-0.2, 0) is 4.79 Å². The molecule has 1 aromatic carbocycles. The summed E-state index contributed by atoms with van der Waals surface area (Å²) in [7, 11) is 0. The number of nitroso groups, excluding NO2 is 1. The van der Waals surface area contributed by atoms with Crippen molar-refractivity contribution in [2.24, 2.45) is 5.29 Å². The number of carbonyl (C=O) groups is 1. The van der Waals surface area contributed by atoms with Crippen LogP contribution in [0.25, 0.3) is 0 Å². The third kappa shape index (κ3) is 2.31. The van der Waals surface area contributed by atoms with Crippen LogP contribution in [0.3, 0.4) is 0 Å². The van der Waals surface area contributed by atoms with Crippen molar-refractivity contribution in [2.45, 2.75) is 6.92 Å². The van der Waals surface area contributed by atoms with Crippen molar-refractivity contribution in [3.05, 3.63) is 38.2 Å². The van der Waals surface area contributed by atoms with Gasteiger partial charge < -0.3 is 0 Å². The van der Waals surface area contributed by atoms with Gasteiger partial charge in [-0.05, 0) is 6.07 Å². The molecule has 1 aromatic rings. The normalized spacial score (nSPS) is 9.62. The van der Waals surface area contributed by atoms with E-state index in [4.69, 9.17) is 11.6 Å². The number of hydrogen-bond acceptors (Lipinski definition) is 5. The van der Waals surface area contributed by atoms with Crippen LogP contribution in [0.4, 0.5) is 11.4 Å². The van der Waals surface area contributed by atoms with E-state index in [1.54, 1.807) is 0 Å². The quantitative estimate of drug-likeness (QED) is 0.462. The number of anilines is 1. The molecule has 84 valence electrons. The van der Waals surface area contributed by atoms with Gasteiger partial charge in [0.2, 0.25) is 5.91 Å². The summed E-state index contributed by atoms with van der Waals surface area (Å²) in [6.07, 6.45) is 0. The lowest BCUT2D eigenvalue weighted by atomic mass is 10.2. The number of rotatable bonds is 3. The molecule has 0 atom stereocenters. The molecule has 7 nitrogen and oxygen atoms in total. The zero-order valence-corrected chi connectivity index (χ0v) is 8.84. The predicted octanol–water partition coefficient (Wildman–Crippen LogP) is 2.28. The molecule has 0 aromatic heterocycles. The van der Waals surface area contributed by atoms with E-state index in [2.05, 4.69) is 5.29 Å². The Labute approximate surface area is 94.7 Å². The zero-order chi connectivity index (χ0) is 12.3. The van der Waals surface area contributed by atoms with Gasteiger partial charge in [-0.2, -0.15) is 5.01 Å². The van der Waals surface area contributed by atoms with E-state index in [9.17, 15) is 19.8 Å². The molecule has 0 aliphatic heterocycles. The second kappa shape index (κ2) is 4.67. The highest BCUT2D eigenvalue weighted by Gasteiger charge is 2.18. The van der Waals surface area contributed by atoms with E-state index >= 15 is 0 Å². The first-order chi connectivity index (χ1) is 7.47. The maximum Gasteiger partial charge on any atom is 0.271 e. The highest BCUT2D eigenvalue weighted by molar-refractivity contribution is 6.34. The lowest BCUT2D eigenvalue weighted by molar-refractivity contribution is -0.384. The minimum absolute atomic E-state index is 0.00904. The van der Waals surface area contributed by atoms with Gasteiger partial charge in [0.1, 0.15) is 0 Å². The SMILES string of the molecule is CC(=O)N(N=O)c1ccc([N+](=O)[O-])cc1Cl. The second-order valence-corrected chi connectivity index (χ2v) is 3.21. The number of nitro benzene ring substituents is 1. The van der Waals surface area contributed by atoms with Crippen molar-refractivity contribution in [3.63, 3.8) is 0 Å². The molecule has 1 rings (SSSR count). The first-order valence-electron chi connectivity index (χ1n) is 4.05. The Morgan fingerprint density at radius 2 is 2.19 bits per heavy atom. The number of non-ortho nitro benzene ring substituents is 1. The molecular weight excluding hydrogens is 238 g/mol. The lowest BCUT2D eigenvalue weighted by Crippen LogP contribution is -2.21. The molecule has 0 heterocycles. The van der Waals surface area contributed by atoms with Crippen LogP contribution in [0.2, 0.25) is 5.02 Å². The monoisotopic (exact) mass is 243 g/mol. The Balaban J connectivity index is 3.21. The first kappa shape index (κ1) is 12.1. The molecule has 0 fully saturated rings. The topological polar surface area (TPSA) is 92.9 Å². The van der Waals surface area contributed by atoms with Crippen LogP contribution < -0.4 is 5.01 Å². The minimum atomic E-state index is -0.637. The molecule has 1 amide bonds. The van der Waals surface area contributed by atoms with Crippen LogP contribution in [0.1, 0.15) is 6.92 Å². The fraction of sp³-hybridized carbons (Fsp3) is 0.125. The lowest BCUT2D eigenvalue weighted by Gasteiger charge is -2.11. The molecule has 0 N–H and O–H groups in total. The van der Waals surface area contributed by atoms with Gasteiger partial charge in [0.05, 0.1) is 20.9 Å². The summed E-state index contributed by atoms with van der Waals surface area (Å²) in [5.41, 5.74) is -0.224. The molecule has 0 aliphatic rings. The molecule has 0 radical (unpaired) electrons. The van der Waals surface area contributed by atoms with Gasteiger partial charge >= 0.3 is 0 Å². The summed E-state index contributed by atoms with van der Waals surface area (Å²) in [4.78, 5) is 31.1. The molecule has 0 bridgehead atoms. The summed E-state index contributed by atoms with van der Waals surface area (Å²) >= 11 is 5.69.